The fourth-order valence-corrected chi connectivity index (χ4v) is 5.56. The zero-order chi connectivity index (χ0) is 16.8. The zero-order valence-electron chi connectivity index (χ0n) is 14.6. The van der Waals surface area contributed by atoms with Crippen molar-refractivity contribution in [3.05, 3.63) is 0 Å². The van der Waals surface area contributed by atoms with E-state index >= 15 is 0 Å². The second-order valence-electron chi connectivity index (χ2n) is 8.62. The topological polar surface area (TPSA) is 63.6 Å². The van der Waals surface area contributed by atoms with Crippen molar-refractivity contribution in [3.63, 3.8) is 0 Å². The number of hydrogen-bond donors (Lipinski definition) is 1. The highest BCUT2D eigenvalue weighted by Crippen LogP contribution is 2.57. The molecule has 4 nitrogen and oxygen atoms in total. The van der Waals surface area contributed by atoms with Crippen LogP contribution in [0.1, 0.15) is 72.1 Å². The lowest BCUT2D eigenvalue weighted by Gasteiger charge is -2.42. The van der Waals surface area contributed by atoms with Crippen LogP contribution in [0.25, 0.3) is 0 Å². The quantitative estimate of drug-likeness (QED) is 0.807. The zero-order valence-corrected chi connectivity index (χ0v) is 14.6. The Kier molecular flexibility index (Phi) is 4.33. The molecule has 1 aliphatic heterocycles. The van der Waals surface area contributed by atoms with Gasteiger partial charge in [0.2, 0.25) is 0 Å². The van der Waals surface area contributed by atoms with Crippen LogP contribution in [0.4, 0.5) is 0 Å². The minimum atomic E-state index is -1.31. The molecular formula is C19H30O4. The van der Waals surface area contributed by atoms with Gasteiger partial charge in [0.15, 0.2) is 5.60 Å². The lowest BCUT2D eigenvalue weighted by molar-refractivity contribution is -0.153. The van der Waals surface area contributed by atoms with Gasteiger partial charge in [-0.05, 0) is 62.7 Å². The van der Waals surface area contributed by atoms with Crippen LogP contribution in [0.3, 0.4) is 0 Å². The second-order valence-corrected chi connectivity index (χ2v) is 8.62. The molecule has 6 atom stereocenters. The summed E-state index contributed by atoms with van der Waals surface area (Å²) in [5.74, 6) is 1.39. The number of carbonyl (C=O) groups excluding carboxylic acids is 2. The highest BCUT2D eigenvalue weighted by molar-refractivity contribution is 5.83. The Balaban J connectivity index is 1.58. The Bertz CT molecular complexity index is 498. The third-order valence-corrected chi connectivity index (χ3v) is 6.91. The number of Topliss-reactive ketones (excluding diaryl/α,β-unsaturated/α-hetero) is 1. The van der Waals surface area contributed by atoms with Crippen LogP contribution < -0.4 is 0 Å². The molecule has 0 radical (unpaired) electrons. The van der Waals surface area contributed by atoms with Crippen molar-refractivity contribution in [2.75, 3.05) is 0 Å². The van der Waals surface area contributed by atoms with Gasteiger partial charge in [0.25, 0.3) is 0 Å². The van der Waals surface area contributed by atoms with Crippen LogP contribution in [-0.4, -0.2) is 28.6 Å². The summed E-state index contributed by atoms with van der Waals surface area (Å²) < 4.78 is 5.30. The van der Waals surface area contributed by atoms with Gasteiger partial charge in [0.1, 0.15) is 11.9 Å². The van der Waals surface area contributed by atoms with Crippen LogP contribution in [0.15, 0.2) is 0 Å². The number of fused-ring (bicyclic) bond motifs is 1. The second kappa shape index (κ2) is 5.87. The fourth-order valence-electron chi connectivity index (χ4n) is 5.56. The lowest BCUT2D eigenvalue weighted by atomic mass is 9.62. The number of aliphatic hydroxyl groups is 1. The lowest BCUT2D eigenvalue weighted by Crippen LogP contribution is -2.39. The summed E-state index contributed by atoms with van der Waals surface area (Å²) in [6.07, 6.45) is 7.25. The summed E-state index contributed by atoms with van der Waals surface area (Å²) in [5, 5.41) is 9.92. The molecule has 0 aromatic rings. The first-order valence-electron chi connectivity index (χ1n) is 9.20. The molecule has 0 bridgehead atoms. The van der Waals surface area contributed by atoms with Crippen LogP contribution in [0, 0.1) is 23.2 Å². The van der Waals surface area contributed by atoms with Gasteiger partial charge in [0.05, 0.1) is 0 Å². The van der Waals surface area contributed by atoms with Crippen molar-refractivity contribution in [1.29, 1.82) is 0 Å². The molecule has 1 saturated heterocycles. The normalized spacial score (nSPS) is 45.0. The van der Waals surface area contributed by atoms with Crippen molar-refractivity contribution < 1.29 is 19.4 Å². The van der Waals surface area contributed by atoms with Gasteiger partial charge in [-0.25, -0.2) is 4.79 Å². The van der Waals surface area contributed by atoms with Crippen molar-refractivity contribution in [2.24, 2.45) is 23.2 Å². The first-order chi connectivity index (χ1) is 10.7. The summed E-state index contributed by atoms with van der Waals surface area (Å²) in [5.41, 5.74) is -1.14. The van der Waals surface area contributed by atoms with Gasteiger partial charge >= 0.3 is 5.97 Å². The molecule has 23 heavy (non-hydrogen) atoms. The van der Waals surface area contributed by atoms with Gasteiger partial charge in [-0.3, -0.25) is 4.79 Å². The Morgan fingerprint density at radius 2 is 2.04 bits per heavy atom. The maximum absolute atomic E-state index is 12.2. The number of ketones is 1. The Morgan fingerprint density at radius 3 is 2.70 bits per heavy atom. The van der Waals surface area contributed by atoms with Gasteiger partial charge in [-0.1, -0.05) is 13.8 Å². The molecule has 130 valence electrons. The van der Waals surface area contributed by atoms with Crippen LogP contribution in [0.5, 0.6) is 0 Å². The van der Waals surface area contributed by atoms with Crippen molar-refractivity contribution in [2.45, 2.75) is 83.8 Å². The molecule has 0 aromatic heterocycles. The van der Waals surface area contributed by atoms with E-state index in [4.69, 9.17) is 4.74 Å². The van der Waals surface area contributed by atoms with Crippen molar-refractivity contribution >= 4 is 11.8 Å². The van der Waals surface area contributed by atoms with E-state index in [1.807, 2.05) is 0 Å². The third kappa shape index (κ3) is 2.95. The monoisotopic (exact) mass is 322 g/mol. The average molecular weight is 322 g/mol. The third-order valence-electron chi connectivity index (χ3n) is 6.91. The van der Waals surface area contributed by atoms with Crippen LogP contribution in [0.2, 0.25) is 0 Å². The molecule has 2 saturated carbocycles. The largest absolute Gasteiger partial charge is 0.460 e. The van der Waals surface area contributed by atoms with E-state index < -0.39 is 11.6 Å². The highest BCUT2D eigenvalue weighted by Gasteiger charge is 2.52. The van der Waals surface area contributed by atoms with Crippen molar-refractivity contribution in [1.82, 2.24) is 0 Å². The number of carbonyl (C=O) groups is 2. The van der Waals surface area contributed by atoms with E-state index in [1.54, 1.807) is 0 Å². The Morgan fingerprint density at radius 1 is 1.30 bits per heavy atom. The molecule has 3 aliphatic rings. The molecule has 3 fully saturated rings. The maximum Gasteiger partial charge on any atom is 0.338 e. The Hall–Kier alpha value is -0.900. The maximum atomic E-state index is 12.2. The van der Waals surface area contributed by atoms with E-state index in [0.29, 0.717) is 24.0 Å². The van der Waals surface area contributed by atoms with E-state index in [-0.39, 0.29) is 17.4 Å². The minimum absolute atomic E-state index is 0.155. The molecule has 0 amide bonds. The first kappa shape index (κ1) is 16.9. The Labute approximate surface area is 139 Å². The molecule has 1 heterocycles. The van der Waals surface area contributed by atoms with Gasteiger partial charge < -0.3 is 9.84 Å². The molecule has 0 unspecified atom stereocenters. The predicted octanol–water partition coefficient (Wildman–Crippen LogP) is 3.25. The standard InChI is InChI=1S/C19H30O4/c1-12(6-7-13-11-19(3,22)17(21)23-13)14-8-9-15-16(20)5-4-10-18(14,15)2/h12-15,22H,4-11H2,1-3H3/t12-,13+,14-,15+,18-,19-/m1/s1. The van der Waals surface area contributed by atoms with Crippen LogP contribution >= 0.6 is 0 Å². The van der Waals surface area contributed by atoms with Crippen molar-refractivity contribution in [3.8, 4) is 0 Å². The number of rotatable bonds is 4. The van der Waals surface area contributed by atoms with E-state index in [0.717, 1.165) is 38.5 Å². The smallest absolute Gasteiger partial charge is 0.338 e. The summed E-state index contributed by atoms with van der Waals surface area (Å²) in [7, 11) is 0. The number of ether oxygens (including phenoxy) is 1. The number of esters is 1. The van der Waals surface area contributed by atoms with E-state index in [2.05, 4.69) is 13.8 Å². The molecule has 0 aromatic carbocycles. The molecular weight excluding hydrogens is 292 g/mol. The van der Waals surface area contributed by atoms with E-state index in [9.17, 15) is 14.7 Å². The molecule has 2 aliphatic carbocycles. The van der Waals surface area contributed by atoms with Gasteiger partial charge in [-0.15, -0.1) is 0 Å². The summed E-state index contributed by atoms with van der Waals surface area (Å²) >= 11 is 0. The van der Waals surface area contributed by atoms with Gasteiger partial charge in [-0.2, -0.15) is 0 Å². The molecule has 4 heteroatoms. The highest BCUT2D eigenvalue weighted by atomic mass is 16.6. The first-order valence-corrected chi connectivity index (χ1v) is 9.20. The summed E-state index contributed by atoms with van der Waals surface area (Å²) in [4.78, 5) is 23.8. The summed E-state index contributed by atoms with van der Waals surface area (Å²) in [6, 6.07) is 0. The summed E-state index contributed by atoms with van der Waals surface area (Å²) in [6.45, 7) is 6.14. The minimum Gasteiger partial charge on any atom is -0.460 e. The van der Waals surface area contributed by atoms with Gasteiger partial charge in [0, 0.05) is 18.8 Å². The molecule has 0 spiro atoms. The number of cyclic esters (lactones) is 1. The number of hydrogen-bond acceptors (Lipinski definition) is 4. The predicted molar refractivity (Wildman–Crippen MR) is 86.7 cm³/mol. The van der Waals surface area contributed by atoms with E-state index in [1.165, 1.54) is 13.3 Å². The molecule has 1 N–H and O–H groups in total. The van der Waals surface area contributed by atoms with Crippen LogP contribution in [-0.2, 0) is 14.3 Å². The average Bonchev–Trinajstić information content (AvgIpc) is 2.94. The SMILES string of the molecule is C[C@H](CC[C@H]1C[C@@](C)(O)C(=O)O1)[C@H]1CC[C@H]2C(=O)CCC[C@]12C. The molecule has 3 rings (SSSR count). The fraction of sp³-hybridized carbons (Fsp3) is 0.895.